The minimum atomic E-state index is 0.881. The maximum absolute atomic E-state index is 6.36. The van der Waals surface area contributed by atoms with Gasteiger partial charge in [-0.1, -0.05) is 66.7 Å². The quantitative estimate of drug-likeness (QED) is 0.237. The van der Waals surface area contributed by atoms with Gasteiger partial charge in [0, 0.05) is 38.0 Å². The van der Waals surface area contributed by atoms with Crippen LogP contribution in [0.4, 0.5) is 0 Å². The van der Waals surface area contributed by atoms with E-state index < -0.39 is 0 Å². The van der Waals surface area contributed by atoms with Gasteiger partial charge in [0.1, 0.15) is 22.3 Å². The normalized spacial score (nSPS) is 12.1. The number of hydrogen-bond donors (Lipinski definition) is 0. The number of fused-ring (bicyclic) bond motifs is 9. The molecular formula is C36H21NO2. The smallest absolute Gasteiger partial charge is 0.136 e. The van der Waals surface area contributed by atoms with Crippen LogP contribution in [0.5, 0.6) is 0 Å². The maximum Gasteiger partial charge on any atom is 0.136 e. The predicted octanol–water partition coefficient (Wildman–Crippen LogP) is 10.2. The summed E-state index contributed by atoms with van der Waals surface area (Å²) in [6, 6.07) is 44.8. The molecule has 3 aromatic heterocycles. The summed E-state index contributed by atoms with van der Waals surface area (Å²) in [6.07, 6.45) is 0. The number of aromatic nitrogens is 1. The van der Waals surface area contributed by atoms with E-state index in [1.54, 1.807) is 0 Å². The lowest BCUT2D eigenvalue weighted by Crippen LogP contribution is -1.93. The monoisotopic (exact) mass is 499 g/mol. The molecule has 182 valence electrons. The summed E-state index contributed by atoms with van der Waals surface area (Å²) in [4.78, 5) is 0. The highest BCUT2D eigenvalue weighted by molar-refractivity contribution is 6.11. The fourth-order valence-electron chi connectivity index (χ4n) is 6.19. The Morgan fingerprint density at radius 1 is 0.359 bits per heavy atom. The summed E-state index contributed by atoms with van der Waals surface area (Å²) in [5.74, 6) is 0. The second-order valence-electron chi connectivity index (χ2n) is 10.2. The lowest BCUT2D eigenvalue weighted by atomic mass is 10.0. The number of furan rings is 2. The third-order valence-corrected chi connectivity index (χ3v) is 8.01. The number of benzene rings is 6. The first-order valence-corrected chi connectivity index (χ1v) is 13.2. The van der Waals surface area contributed by atoms with Gasteiger partial charge >= 0.3 is 0 Å². The van der Waals surface area contributed by atoms with E-state index in [0.29, 0.717) is 0 Å². The fraction of sp³-hybridized carbons (Fsp3) is 0. The minimum Gasteiger partial charge on any atom is -0.456 e. The molecule has 3 nitrogen and oxygen atoms in total. The van der Waals surface area contributed by atoms with Crippen LogP contribution in [0.15, 0.2) is 136 Å². The van der Waals surface area contributed by atoms with E-state index in [2.05, 4.69) is 114 Å². The van der Waals surface area contributed by atoms with Gasteiger partial charge in [-0.2, -0.15) is 0 Å². The molecule has 3 heteroatoms. The topological polar surface area (TPSA) is 31.2 Å². The molecule has 3 heterocycles. The van der Waals surface area contributed by atoms with Crippen molar-refractivity contribution in [2.24, 2.45) is 0 Å². The Morgan fingerprint density at radius 3 is 1.54 bits per heavy atom. The van der Waals surface area contributed by atoms with Gasteiger partial charge < -0.3 is 13.4 Å². The van der Waals surface area contributed by atoms with Crippen molar-refractivity contribution in [3.05, 3.63) is 127 Å². The van der Waals surface area contributed by atoms with Crippen LogP contribution in [0.3, 0.4) is 0 Å². The highest BCUT2D eigenvalue weighted by Crippen LogP contribution is 2.38. The molecule has 0 fully saturated rings. The van der Waals surface area contributed by atoms with E-state index in [1.165, 1.54) is 21.8 Å². The molecule has 0 aliphatic heterocycles. The van der Waals surface area contributed by atoms with Crippen LogP contribution < -0.4 is 0 Å². The molecular weight excluding hydrogens is 478 g/mol. The zero-order valence-corrected chi connectivity index (χ0v) is 20.9. The van der Waals surface area contributed by atoms with E-state index in [-0.39, 0.29) is 0 Å². The van der Waals surface area contributed by atoms with Crippen molar-refractivity contribution >= 4 is 65.7 Å². The molecule has 6 aromatic carbocycles. The molecule has 0 radical (unpaired) electrons. The minimum absolute atomic E-state index is 0.881. The Hall–Kier alpha value is -5.28. The van der Waals surface area contributed by atoms with Gasteiger partial charge in [0.2, 0.25) is 0 Å². The van der Waals surface area contributed by atoms with E-state index >= 15 is 0 Å². The van der Waals surface area contributed by atoms with Crippen LogP contribution in [-0.4, -0.2) is 4.57 Å². The number of nitrogens with zero attached hydrogens (tertiary/aromatic N) is 1. The van der Waals surface area contributed by atoms with Crippen LogP contribution in [0.25, 0.3) is 82.5 Å². The van der Waals surface area contributed by atoms with Crippen LogP contribution in [0.1, 0.15) is 0 Å². The Balaban J connectivity index is 1.21. The van der Waals surface area contributed by atoms with Crippen LogP contribution in [-0.2, 0) is 0 Å². The molecule has 0 aliphatic rings. The van der Waals surface area contributed by atoms with E-state index in [1.807, 2.05) is 18.2 Å². The average Bonchev–Trinajstić information content (AvgIpc) is 3.65. The summed E-state index contributed by atoms with van der Waals surface area (Å²) in [6.45, 7) is 0. The lowest BCUT2D eigenvalue weighted by molar-refractivity contribution is 0.668. The maximum atomic E-state index is 6.36. The third kappa shape index (κ3) is 2.93. The molecule has 0 unspecified atom stereocenters. The van der Waals surface area contributed by atoms with Gasteiger partial charge in [0.05, 0.1) is 11.0 Å². The van der Waals surface area contributed by atoms with Crippen molar-refractivity contribution in [1.29, 1.82) is 0 Å². The third-order valence-electron chi connectivity index (χ3n) is 8.01. The SMILES string of the molecule is c1ccc2c(c1)oc1cc(-c3ccc4c(c3)oc3ccc(-n5c6ccccc6c6ccccc65)cc34)ccc12. The van der Waals surface area contributed by atoms with Crippen LogP contribution in [0.2, 0.25) is 0 Å². The summed E-state index contributed by atoms with van der Waals surface area (Å²) in [5.41, 5.74) is 9.32. The highest BCUT2D eigenvalue weighted by Gasteiger charge is 2.15. The molecule has 0 aliphatic carbocycles. The molecule has 0 saturated carbocycles. The van der Waals surface area contributed by atoms with Crippen molar-refractivity contribution < 1.29 is 8.83 Å². The largest absolute Gasteiger partial charge is 0.456 e. The first-order chi connectivity index (χ1) is 19.3. The number of hydrogen-bond acceptors (Lipinski definition) is 2. The van der Waals surface area contributed by atoms with Crippen LogP contribution >= 0.6 is 0 Å². The number of rotatable bonds is 2. The Kier molecular flexibility index (Phi) is 4.05. The molecule has 0 spiro atoms. The van der Waals surface area contributed by atoms with E-state index in [0.717, 1.165) is 60.7 Å². The Morgan fingerprint density at radius 2 is 0.872 bits per heavy atom. The summed E-state index contributed by atoms with van der Waals surface area (Å²) in [7, 11) is 0. The van der Waals surface area contributed by atoms with Crippen molar-refractivity contribution in [3.63, 3.8) is 0 Å². The van der Waals surface area contributed by atoms with Crippen molar-refractivity contribution in [2.45, 2.75) is 0 Å². The molecule has 9 rings (SSSR count). The van der Waals surface area contributed by atoms with Crippen molar-refractivity contribution in [2.75, 3.05) is 0 Å². The fourth-order valence-corrected chi connectivity index (χ4v) is 6.19. The van der Waals surface area contributed by atoms with Crippen molar-refractivity contribution in [3.8, 4) is 16.8 Å². The number of para-hydroxylation sites is 3. The van der Waals surface area contributed by atoms with Gasteiger partial charge in [-0.05, 0) is 71.8 Å². The highest BCUT2D eigenvalue weighted by atomic mass is 16.3. The van der Waals surface area contributed by atoms with Gasteiger partial charge in [-0.15, -0.1) is 0 Å². The second kappa shape index (κ2) is 7.62. The predicted molar refractivity (Wildman–Crippen MR) is 161 cm³/mol. The van der Waals surface area contributed by atoms with Gasteiger partial charge in [-0.25, -0.2) is 0 Å². The average molecular weight is 500 g/mol. The van der Waals surface area contributed by atoms with Crippen LogP contribution in [0, 0.1) is 0 Å². The molecule has 0 saturated heterocycles. The zero-order chi connectivity index (χ0) is 25.5. The lowest BCUT2D eigenvalue weighted by Gasteiger charge is -2.08. The van der Waals surface area contributed by atoms with Crippen molar-refractivity contribution in [1.82, 2.24) is 4.57 Å². The van der Waals surface area contributed by atoms with Gasteiger partial charge in [-0.3, -0.25) is 0 Å². The second-order valence-corrected chi connectivity index (χ2v) is 10.2. The van der Waals surface area contributed by atoms with E-state index in [4.69, 9.17) is 8.83 Å². The Bertz CT molecular complexity index is 2350. The zero-order valence-electron chi connectivity index (χ0n) is 20.9. The molecule has 0 atom stereocenters. The first kappa shape index (κ1) is 20.7. The summed E-state index contributed by atoms with van der Waals surface area (Å²) >= 11 is 0. The molecule has 0 bridgehead atoms. The first-order valence-electron chi connectivity index (χ1n) is 13.2. The van der Waals surface area contributed by atoms with E-state index in [9.17, 15) is 0 Å². The molecule has 0 amide bonds. The summed E-state index contributed by atoms with van der Waals surface area (Å²) in [5, 5.41) is 7.03. The van der Waals surface area contributed by atoms with Gasteiger partial charge in [0.15, 0.2) is 0 Å². The molecule has 39 heavy (non-hydrogen) atoms. The molecule has 0 N–H and O–H groups in total. The standard InChI is InChI=1S/C36H21NO2/c1-4-10-31-25(7-1)26-8-2-5-11-32(26)37(31)24-15-18-34-30(21-24)29-17-14-23(20-36(29)39-34)22-13-16-28-27-9-3-6-12-33(27)38-35(28)19-22/h1-21H. The van der Waals surface area contributed by atoms with Gasteiger partial charge in [0.25, 0.3) is 0 Å². The summed E-state index contributed by atoms with van der Waals surface area (Å²) < 4.78 is 14.8. The molecule has 9 aromatic rings. The Labute approximate surface area is 223 Å².